The van der Waals surface area contributed by atoms with E-state index in [1.54, 1.807) is 5.01 Å². The number of hydrogen-bond acceptors (Lipinski definition) is 4. The molecule has 0 aliphatic heterocycles. The molecule has 4 N–H and O–H groups in total. The van der Waals surface area contributed by atoms with E-state index in [1.807, 2.05) is 32.3 Å². The zero-order valence-corrected chi connectivity index (χ0v) is 22.7. The largest absolute Gasteiger partial charge is 0.401 e. The number of allylic oxidation sites excluding steroid dienone is 4. The topological polar surface area (TPSA) is 68.2 Å². The van der Waals surface area contributed by atoms with E-state index < -0.39 is 7.92 Å². The fourth-order valence-corrected chi connectivity index (χ4v) is 6.14. The Balaban J connectivity index is 0.00000186. The summed E-state index contributed by atoms with van der Waals surface area (Å²) in [4.78, 5) is 4.78. The van der Waals surface area contributed by atoms with Crippen LogP contribution in [0.1, 0.15) is 38.7 Å². The number of hydrogen-bond donors (Lipinski definition) is 2. The summed E-state index contributed by atoms with van der Waals surface area (Å²) in [5.41, 5.74) is 10.6. The van der Waals surface area contributed by atoms with Crippen molar-refractivity contribution in [3.63, 3.8) is 0 Å². The van der Waals surface area contributed by atoms with Crippen molar-refractivity contribution in [1.29, 1.82) is 0 Å². The lowest BCUT2D eigenvalue weighted by Crippen LogP contribution is -2.28. The summed E-state index contributed by atoms with van der Waals surface area (Å²) >= 11 is 0. The number of aromatic nitrogens is 1. The molecule has 0 saturated carbocycles. The molecule has 1 heterocycles. The molecule has 4 rings (SSSR count). The first-order valence-electron chi connectivity index (χ1n) is 12.8. The van der Waals surface area contributed by atoms with Gasteiger partial charge < -0.3 is 10.7 Å². The van der Waals surface area contributed by atoms with Crippen molar-refractivity contribution in [3.8, 4) is 11.8 Å². The van der Waals surface area contributed by atoms with Crippen LogP contribution in [0, 0.1) is 11.8 Å². The van der Waals surface area contributed by atoms with Crippen molar-refractivity contribution in [2.75, 3.05) is 6.54 Å². The molecule has 1 aliphatic rings. The van der Waals surface area contributed by atoms with Gasteiger partial charge in [-0.2, -0.15) is 0 Å². The highest BCUT2D eigenvalue weighted by Gasteiger charge is 2.17. The normalized spacial score (nSPS) is 15.1. The highest BCUT2D eigenvalue weighted by atomic mass is 31.1. The van der Waals surface area contributed by atoms with E-state index in [2.05, 4.69) is 96.8 Å². The summed E-state index contributed by atoms with van der Waals surface area (Å²) in [7, 11) is -0.724. The second kappa shape index (κ2) is 15.5. The molecular formula is C32H37N4P. The van der Waals surface area contributed by atoms with Gasteiger partial charge in [0.2, 0.25) is 0 Å². The van der Waals surface area contributed by atoms with Gasteiger partial charge in [-0.1, -0.05) is 105 Å². The fraction of sp³-hybridized carbons (Fsp3) is 0.219. The van der Waals surface area contributed by atoms with Crippen molar-refractivity contribution in [3.05, 3.63) is 120 Å². The zero-order chi connectivity index (χ0) is 26.3. The first-order chi connectivity index (χ1) is 18.2. The highest BCUT2D eigenvalue weighted by Crippen LogP contribution is 2.31. The van der Waals surface area contributed by atoms with Crippen LogP contribution >= 0.6 is 7.92 Å². The van der Waals surface area contributed by atoms with E-state index in [1.165, 1.54) is 21.7 Å². The molecule has 1 aromatic heterocycles. The summed E-state index contributed by atoms with van der Waals surface area (Å²) < 4.78 is 0. The summed E-state index contributed by atoms with van der Waals surface area (Å²) in [6.07, 6.45) is 13.0. The smallest absolute Gasteiger partial charge is 0.0723 e. The van der Waals surface area contributed by atoms with E-state index in [9.17, 15) is 0 Å². The van der Waals surface area contributed by atoms with Crippen molar-refractivity contribution >= 4 is 24.0 Å². The minimum atomic E-state index is -0.724. The van der Waals surface area contributed by atoms with Gasteiger partial charge in [0.1, 0.15) is 0 Å². The molecular weight excluding hydrogens is 471 g/mol. The number of benzene rings is 2. The number of rotatable bonds is 9. The molecule has 5 heteroatoms. The molecule has 0 spiro atoms. The highest BCUT2D eigenvalue weighted by molar-refractivity contribution is 7.79. The second-order valence-corrected chi connectivity index (χ2v) is 10.6. The zero-order valence-electron chi connectivity index (χ0n) is 21.8. The van der Waals surface area contributed by atoms with Crippen LogP contribution in [0.4, 0.5) is 0 Å². The van der Waals surface area contributed by atoms with Gasteiger partial charge in [0, 0.05) is 38.9 Å². The Labute approximate surface area is 223 Å². The van der Waals surface area contributed by atoms with Crippen LogP contribution in [0.2, 0.25) is 0 Å². The third-order valence-electron chi connectivity index (χ3n) is 5.62. The average Bonchev–Trinajstić information content (AvgIpc) is 2.92. The molecule has 0 atom stereocenters. The molecule has 2 aromatic carbocycles. The van der Waals surface area contributed by atoms with E-state index in [0.29, 0.717) is 6.54 Å². The monoisotopic (exact) mass is 508 g/mol. The van der Waals surface area contributed by atoms with Crippen LogP contribution in [0.3, 0.4) is 0 Å². The predicted octanol–water partition coefficient (Wildman–Crippen LogP) is 5.05. The van der Waals surface area contributed by atoms with Crippen molar-refractivity contribution < 1.29 is 0 Å². The Hall–Kier alpha value is -3.64. The van der Waals surface area contributed by atoms with Crippen LogP contribution in [-0.2, 0) is 6.42 Å². The van der Waals surface area contributed by atoms with Crippen molar-refractivity contribution in [1.82, 2.24) is 9.99 Å². The third kappa shape index (κ3) is 9.07. The SMILES string of the molecule is CC.N/C(=C\N(N)C/C1=C/C=C\CC#CC1)CCc1ccnc(P(c2ccccc2)c2ccccc2)c1. The van der Waals surface area contributed by atoms with Crippen LogP contribution in [0.15, 0.2) is 115 Å². The first-order valence-corrected chi connectivity index (χ1v) is 14.2. The summed E-state index contributed by atoms with van der Waals surface area (Å²) in [6, 6.07) is 25.6. The van der Waals surface area contributed by atoms with Gasteiger partial charge in [-0.3, -0.25) is 4.98 Å². The minimum absolute atomic E-state index is 0.609. The van der Waals surface area contributed by atoms with Crippen molar-refractivity contribution in [2.45, 2.75) is 39.5 Å². The van der Waals surface area contributed by atoms with Gasteiger partial charge in [0.25, 0.3) is 0 Å². The predicted molar refractivity (Wildman–Crippen MR) is 160 cm³/mol. The molecule has 4 nitrogen and oxygen atoms in total. The number of nitrogens with zero attached hydrogens (tertiary/aromatic N) is 2. The van der Waals surface area contributed by atoms with Crippen LogP contribution in [-0.4, -0.2) is 16.5 Å². The van der Waals surface area contributed by atoms with Gasteiger partial charge in [-0.05, 0) is 46.7 Å². The van der Waals surface area contributed by atoms with Gasteiger partial charge >= 0.3 is 0 Å². The number of nitrogens with two attached hydrogens (primary N) is 2. The van der Waals surface area contributed by atoms with E-state index in [0.717, 1.165) is 36.8 Å². The number of pyridine rings is 1. The number of hydrazine groups is 1. The van der Waals surface area contributed by atoms with Gasteiger partial charge in [0.15, 0.2) is 0 Å². The maximum Gasteiger partial charge on any atom is 0.0723 e. The van der Waals surface area contributed by atoms with E-state index >= 15 is 0 Å². The maximum absolute atomic E-state index is 6.33. The molecule has 0 fully saturated rings. The Morgan fingerprint density at radius 2 is 1.68 bits per heavy atom. The molecule has 0 amide bonds. The Morgan fingerprint density at radius 3 is 2.35 bits per heavy atom. The van der Waals surface area contributed by atoms with E-state index in [-0.39, 0.29) is 0 Å². The fourth-order valence-electron chi connectivity index (χ4n) is 3.90. The lowest BCUT2D eigenvalue weighted by Gasteiger charge is -2.19. The summed E-state index contributed by atoms with van der Waals surface area (Å²) in [6.45, 7) is 4.61. The maximum atomic E-state index is 6.33. The van der Waals surface area contributed by atoms with E-state index in [4.69, 9.17) is 16.6 Å². The minimum Gasteiger partial charge on any atom is -0.401 e. The molecule has 190 valence electrons. The van der Waals surface area contributed by atoms with Crippen LogP contribution < -0.4 is 27.6 Å². The van der Waals surface area contributed by atoms with Gasteiger partial charge in [-0.15, -0.1) is 0 Å². The summed E-state index contributed by atoms with van der Waals surface area (Å²) in [5, 5.41) is 4.24. The lowest BCUT2D eigenvalue weighted by atomic mass is 10.1. The van der Waals surface area contributed by atoms with Gasteiger partial charge in [0.05, 0.1) is 12.0 Å². The second-order valence-electron chi connectivity index (χ2n) is 8.39. The molecule has 37 heavy (non-hydrogen) atoms. The first kappa shape index (κ1) is 27.9. The quantitative estimate of drug-likeness (QED) is 0.184. The van der Waals surface area contributed by atoms with Crippen LogP contribution in [0.5, 0.6) is 0 Å². The molecule has 0 saturated heterocycles. The standard InChI is InChI=1S/C30H31N4P.C2H6/c31-27(24-34(32)23-26-12-6-2-1-3-7-13-26)19-18-25-20-21-33-30(22-25)35(28-14-8-4-9-15-28)29-16-10-5-11-17-29;1-2/h2,4-6,8-12,14-17,20-22,24H,1,13,18-19,23,31-32H2;1-2H3/b6-2-,26-12+,27-24-;. The molecule has 0 bridgehead atoms. The van der Waals surface area contributed by atoms with Crippen LogP contribution in [0.25, 0.3) is 0 Å². The molecule has 1 aliphatic carbocycles. The molecule has 0 radical (unpaired) electrons. The third-order valence-corrected chi connectivity index (χ3v) is 7.95. The number of aryl methyl sites for hydroxylation is 1. The van der Waals surface area contributed by atoms with Crippen molar-refractivity contribution in [2.24, 2.45) is 11.6 Å². The Kier molecular flexibility index (Phi) is 11.7. The Bertz CT molecular complexity index is 1210. The Morgan fingerprint density at radius 1 is 1.00 bits per heavy atom. The average molecular weight is 509 g/mol. The molecule has 3 aromatic rings. The summed E-state index contributed by atoms with van der Waals surface area (Å²) in [5.74, 6) is 12.5. The molecule has 0 unspecified atom stereocenters. The lowest BCUT2D eigenvalue weighted by molar-refractivity contribution is 0.420. The van der Waals surface area contributed by atoms with Gasteiger partial charge in [-0.25, -0.2) is 5.84 Å².